The summed E-state index contributed by atoms with van der Waals surface area (Å²) in [5.41, 5.74) is 1.19. The molecule has 1 heterocycles. The summed E-state index contributed by atoms with van der Waals surface area (Å²) >= 11 is 0. The van der Waals surface area contributed by atoms with Gasteiger partial charge >= 0.3 is 0 Å². The summed E-state index contributed by atoms with van der Waals surface area (Å²) in [5, 5.41) is 3.40. The molecule has 2 unspecified atom stereocenters. The van der Waals surface area contributed by atoms with E-state index in [9.17, 15) is 4.79 Å². The summed E-state index contributed by atoms with van der Waals surface area (Å²) in [6.07, 6.45) is 3.64. The van der Waals surface area contributed by atoms with Gasteiger partial charge in [0.2, 0.25) is 5.91 Å². The first-order valence-electron chi connectivity index (χ1n) is 6.40. The van der Waals surface area contributed by atoms with Crippen LogP contribution in [0.15, 0.2) is 30.3 Å². The van der Waals surface area contributed by atoms with Crippen molar-refractivity contribution in [2.75, 3.05) is 0 Å². The van der Waals surface area contributed by atoms with Crippen molar-refractivity contribution in [2.24, 2.45) is 0 Å². The minimum atomic E-state index is -0.0548. The van der Waals surface area contributed by atoms with E-state index < -0.39 is 0 Å². The first-order valence-corrected chi connectivity index (χ1v) is 6.40. The Bertz CT molecular complexity index is 413. The molecule has 0 radical (unpaired) electrons. The van der Waals surface area contributed by atoms with Crippen LogP contribution in [0.5, 0.6) is 0 Å². The predicted molar refractivity (Wildman–Crippen MR) is 66.3 cm³/mol. The summed E-state index contributed by atoms with van der Waals surface area (Å²) in [7, 11) is 0. The molecule has 2 aliphatic rings. The zero-order valence-corrected chi connectivity index (χ0v) is 10.1. The minimum absolute atomic E-state index is 0.0548. The van der Waals surface area contributed by atoms with Crippen LogP contribution in [0.25, 0.3) is 0 Å². The molecule has 1 N–H and O–H groups in total. The maximum atomic E-state index is 12.2. The highest BCUT2D eigenvalue weighted by molar-refractivity contribution is 5.84. The summed E-state index contributed by atoms with van der Waals surface area (Å²) in [6, 6.07) is 10.7. The van der Waals surface area contributed by atoms with Crippen molar-refractivity contribution in [2.45, 2.75) is 44.4 Å². The Balaban J connectivity index is 1.89. The van der Waals surface area contributed by atoms with Gasteiger partial charge in [0.1, 0.15) is 6.17 Å². The Morgan fingerprint density at radius 1 is 1.24 bits per heavy atom. The van der Waals surface area contributed by atoms with E-state index in [0.717, 1.165) is 12.8 Å². The zero-order chi connectivity index (χ0) is 11.8. The molecule has 1 aromatic carbocycles. The van der Waals surface area contributed by atoms with Gasteiger partial charge in [-0.15, -0.1) is 0 Å². The lowest BCUT2D eigenvalue weighted by molar-refractivity contribution is -0.133. The number of carbonyl (C=O) groups excluding carboxylic acids is 1. The van der Waals surface area contributed by atoms with Crippen molar-refractivity contribution >= 4 is 5.91 Å². The number of benzene rings is 1. The molecule has 1 aromatic rings. The molecule has 3 heteroatoms. The number of amides is 1. The smallest absolute Gasteiger partial charge is 0.241 e. The highest BCUT2D eigenvalue weighted by Crippen LogP contribution is 2.35. The standard InChI is InChI=1S/C14H18N2O/c1-10-14(17)16(12-8-5-9-12)13(15-10)11-6-3-2-4-7-11/h2-4,6-7,10,12-13,15H,5,8-9H2,1H3. The van der Waals surface area contributed by atoms with Crippen LogP contribution in [0.2, 0.25) is 0 Å². The third kappa shape index (κ3) is 1.75. The maximum absolute atomic E-state index is 12.2. The van der Waals surface area contributed by atoms with Gasteiger partial charge in [-0.25, -0.2) is 0 Å². The molecule has 0 spiro atoms. The molecular weight excluding hydrogens is 212 g/mol. The van der Waals surface area contributed by atoms with E-state index in [1.807, 2.05) is 25.1 Å². The van der Waals surface area contributed by atoms with Gasteiger partial charge in [-0.2, -0.15) is 0 Å². The van der Waals surface area contributed by atoms with Crippen LogP contribution in [-0.2, 0) is 4.79 Å². The molecule has 17 heavy (non-hydrogen) atoms. The van der Waals surface area contributed by atoms with Crippen LogP contribution in [0, 0.1) is 0 Å². The number of hydrogen-bond donors (Lipinski definition) is 1. The molecule has 1 saturated heterocycles. The van der Waals surface area contributed by atoms with Crippen LogP contribution in [0.1, 0.15) is 37.9 Å². The monoisotopic (exact) mass is 230 g/mol. The zero-order valence-electron chi connectivity index (χ0n) is 10.1. The second-order valence-electron chi connectivity index (χ2n) is 5.03. The van der Waals surface area contributed by atoms with Crippen molar-refractivity contribution < 1.29 is 4.79 Å². The van der Waals surface area contributed by atoms with Gasteiger partial charge in [0, 0.05) is 6.04 Å². The van der Waals surface area contributed by atoms with Gasteiger partial charge in [0.05, 0.1) is 6.04 Å². The Kier molecular flexibility index (Phi) is 2.63. The minimum Gasteiger partial charge on any atom is -0.319 e. The van der Waals surface area contributed by atoms with Crippen molar-refractivity contribution in [3.63, 3.8) is 0 Å². The topological polar surface area (TPSA) is 32.3 Å². The molecule has 3 nitrogen and oxygen atoms in total. The van der Waals surface area contributed by atoms with Crippen molar-refractivity contribution in [1.29, 1.82) is 0 Å². The molecule has 2 fully saturated rings. The summed E-state index contributed by atoms with van der Waals surface area (Å²) in [5.74, 6) is 0.253. The third-order valence-corrected chi connectivity index (χ3v) is 3.89. The summed E-state index contributed by atoms with van der Waals surface area (Å²) in [4.78, 5) is 14.2. The molecule has 3 rings (SSSR count). The lowest BCUT2D eigenvalue weighted by Gasteiger charge is -2.38. The number of rotatable bonds is 2. The van der Waals surface area contributed by atoms with Crippen LogP contribution in [-0.4, -0.2) is 22.9 Å². The van der Waals surface area contributed by atoms with Crippen LogP contribution < -0.4 is 5.32 Å². The van der Waals surface area contributed by atoms with E-state index in [-0.39, 0.29) is 18.1 Å². The summed E-state index contributed by atoms with van der Waals surface area (Å²) < 4.78 is 0. The van der Waals surface area contributed by atoms with Crippen molar-refractivity contribution in [1.82, 2.24) is 10.2 Å². The van der Waals surface area contributed by atoms with E-state index in [4.69, 9.17) is 0 Å². The molecule has 1 amide bonds. The van der Waals surface area contributed by atoms with Crippen molar-refractivity contribution in [3.05, 3.63) is 35.9 Å². The second-order valence-corrected chi connectivity index (χ2v) is 5.03. The fourth-order valence-electron chi connectivity index (χ4n) is 2.69. The molecule has 1 aliphatic heterocycles. The van der Waals surface area contributed by atoms with E-state index in [0.29, 0.717) is 6.04 Å². The molecule has 0 aromatic heterocycles. The first kappa shape index (κ1) is 10.8. The Morgan fingerprint density at radius 3 is 2.53 bits per heavy atom. The molecule has 90 valence electrons. The number of nitrogens with one attached hydrogen (secondary N) is 1. The second kappa shape index (κ2) is 4.15. The largest absolute Gasteiger partial charge is 0.319 e. The van der Waals surface area contributed by atoms with E-state index in [1.165, 1.54) is 12.0 Å². The number of carbonyl (C=O) groups is 1. The third-order valence-electron chi connectivity index (χ3n) is 3.89. The first-order chi connectivity index (χ1) is 8.27. The van der Waals surface area contributed by atoms with Crippen LogP contribution >= 0.6 is 0 Å². The maximum Gasteiger partial charge on any atom is 0.241 e. The lowest BCUT2D eigenvalue weighted by atomic mass is 9.90. The van der Waals surface area contributed by atoms with Crippen LogP contribution in [0.3, 0.4) is 0 Å². The van der Waals surface area contributed by atoms with Crippen molar-refractivity contribution in [3.8, 4) is 0 Å². The van der Waals surface area contributed by atoms with E-state index >= 15 is 0 Å². The Hall–Kier alpha value is -1.35. The Morgan fingerprint density at radius 2 is 1.94 bits per heavy atom. The highest BCUT2D eigenvalue weighted by Gasteiger charge is 2.42. The van der Waals surface area contributed by atoms with Gasteiger partial charge in [-0.05, 0) is 31.7 Å². The highest BCUT2D eigenvalue weighted by atomic mass is 16.2. The summed E-state index contributed by atoms with van der Waals surface area (Å²) in [6.45, 7) is 1.96. The van der Waals surface area contributed by atoms with E-state index in [2.05, 4.69) is 22.3 Å². The molecule has 1 saturated carbocycles. The van der Waals surface area contributed by atoms with Gasteiger partial charge in [0.25, 0.3) is 0 Å². The van der Waals surface area contributed by atoms with Gasteiger partial charge < -0.3 is 4.90 Å². The molecule has 0 bridgehead atoms. The Labute approximate surface area is 102 Å². The fourth-order valence-corrected chi connectivity index (χ4v) is 2.69. The fraction of sp³-hybridized carbons (Fsp3) is 0.500. The predicted octanol–water partition coefficient (Wildman–Crippen LogP) is 2.06. The molecule has 2 atom stereocenters. The quantitative estimate of drug-likeness (QED) is 0.843. The normalized spacial score (nSPS) is 29.5. The SMILES string of the molecule is CC1NC(c2ccccc2)N(C2CCC2)C1=O. The van der Waals surface area contributed by atoms with Gasteiger partial charge in [-0.1, -0.05) is 30.3 Å². The molecule has 1 aliphatic carbocycles. The number of nitrogens with zero attached hydrogens (tertiary/aromatic N) is 1. The van der Waals surface area contributed by atoms with E-state index in [1.54, 1.807) is 0 Å². The average molecular weight is 230 g/mol. The average Bonchev–Trinajstić information content (AvgIpc) is 2.57. The van der Waals surface area contributed by atoms with Gasteiger partial charge in [0.15, 0.2) is 0 Å². The lowest BCUT2D eigenvalue weighted by Crippen LogP contribution is -2.43. The van der Waals surface area contributed by atoms with Gasteiger partial charge in [-0.3, -0.25) is 10.1 Å². The number of hydrogen-bond acceptors (Lipinski definition) is 2. The molecular formula is C14H18N2O. The van der Waals surface area contributed by atoms with Crippen LogP contribution in [0.4, 0.5) is 0 Å².